The number of nitrogens with zero attached hydrogens (tertiary/aromatic N) is 3. The van der Waals surface area contributed by atoms with Crippen LogP contribution in [0.3, 0.4) is 0 Å². The highest BCUT2D eigenvalue weighted by Gasteiger charge is 2.30. The lowest BCUT2D eigenvalue weighted by Crippen LogP contribution is -2.37. The third-order valence-electron chi connectivity index (χ3n) is 3.73. The van der Waals surface area contributed by atoms with Crippen molar-refractivity contribution in [3.05, 3.63) is 56.4 Å². The number of aromatic nitrogens is 2. The fourth-order valence-electron chi connectivity index (χ4n) is 2.26. The van der Waals surface area contributed by atoms with Gasteiger partial charge in [-0.15, -0.1) is 0 Å². The van der Waals surface area contributed by atoms with Crippen molar-refractivity contribution in [3.63, 3.8) is 0 Å². The molecule has 1 aromatic carbocycles. The molecule has 0 fully saturated rings. The molecule has 122 valence electrons. The molecular formula is C15H17ClN4O3. The van der Waals surface area contributed by atoms with Crippen LogP contribution in [0.2, 0.25) is 5.02 Å². The van der Waals surface area contributed by atoms with E-state index in [-0.39, 0.29) is 23.1 Å². The quantitative estimate of drug-likeness (QED) is 0.671. The monoisotopic (exact) mass is 336 g/mol. The normalized spacial score (nSPS) is 12.0. The number of hydrogen-bond acceptors (Lipinski definition) is 4. The summed E-state index contributed by atoms with van der Waals surface area (Å²) in [6, 6.07) is 7.19. The summed E-state index contributed by atoms with van der Waals surface area (Å²) in [5.41, 5.74) is 0.838. The predicted octanol–water partition coefficient (Wildman–Crippen LogP) is 2.98. The molecule has 0 saturated heterocycles. The molecule has 0 radical (unpaired) electrons. The van der Waals surface area contributed by atoms with Crippen LogP contribution in [0, 0.1) is 17.0 Å². The molecule has 2 aromatic rings. The van der Waals surface area contributed by atoms with E-state index in [4.69, 9.17) is 11.6 Å². The van der Waals surface area contributed by atoms with Gasteiger partial charge in [-0.3, -0.25) is 20.0 Å². The van der Waals surface area contributed by atoms with E-state index in [2.05, 4.69) is 10.2 Å². The molecule has 0 aliphatic carbocycles. The average Bonchev–Trinajstić information content (AvgIpc) is 2.89. The first-order chi connectivity index (χ1) is 10.8. The van der Waals surface area contributed by atoms with Gasteiger partial charge in [-0.1, -0.05) is 23.7 Å². The lowest BCUT2D eigenvalue weighted by Gasteiger charge is -2.24. The van der Waals surface area contributed by atoms with Gasteiger partial charge in [-0.2, -0.15) is 5.10 Å². The van der Waals surface area contributed by atoms with E-state index in [1.165, 1.54) is 11.8 Å². The van der Waals surface area contributed by atoms with Crippen molar-refractivity contribution in [3.8, 4) is 0 Å². The zero-order valence-corrected chi connectivity index (χ0v) is 13.8. The van der Waals surface area contributed by atoms with Crippen molar-refractivity contribution in [2.24, 2.45) is 0 Å². The highest BCUT2D eigenvalue weighted by molar-refractivity contribution is 6.30. The molecule has 0 aliphatic heterocycles. The van der Waals surface area contributed by atoms with Crippen LogP contribution in [0.5, 0.6) is 0 Å². The third kappa shape index (κ3) is 3.68. The fourth-order valence-corrected chi connectivity index (χ4v) is 2.39. The van der Waals surface area contributed by atoms with Crippen molar-refractivity contribution < 1.29 is 9.72 Å². The number of benzene rings is 1. The summed E-state index contributed by atoms with van der Waals surface area (Å²) in [5.74, 6) is -0.484. The predicted molar refractivity (Wildman–Crippen MR) is 86.7 cm³/mol. The van der Waals surface area contributed by atoms with Gasteiger partial charge in [0.2, 0.25) is 5.69 Å². The molecule has 1 heterocycles. The van der Waals surface area contributed by atoms with Gasteiger partial charge >= 0.3 is 5.69 Å². The van der Waals surface area contributed by atoms with Gasteiger partial charge in [0.05, 0.1) is 4.92 Å². The summed E-state index contributed by atoms with van der Waals surface area (Å²) >= 11 is 5.85. The van der Waals surface area contributed by atoms with E-state index >= 15 is 0 Å². The highest BCUT2D eigenvalue weighted by Crippen LogP contribution is 2.22. The lowest BCUT2D eigenvalue weighted by molar-refractivity contribution is -0.385. The number of likely N-dealkylation sites (N-methyl/N-ethyl adjacent to an activating group) is 1. The Labute approximate surface area is 138 Å². The molecule has 1 aromatic heterocycles. The molecule has 8 heteroatoms. The molecule has 1 atom stereocenters. The zero-order valence-electron chi connectivity index (χ0n) is 13.0. The molecule has 2 rings (SSSR count). The van der Waals surface area contributed by atoms with Crippen LogP contribution in [0.25, 0.3) is 0 Å². The molecule has 0 spiro atoms. The van der Waals surface area contributed by atoms with Gasteiger partial charge in [0.1, 0.15) is 5.69 Å². The number of carbonyl (C=O) groups excluding carboxylic acids is 1. The molecule has 0 aliphatic rings. The lowest BCUT2D eigenvalue weighted by atomic mass is 10.1. The minimum Gasteiger partial charge on any atom is -0.337 e. The van der Waals surface area contributed by atoms with Crippen molar-refractivity contribution in [1.82, 2.24) is 15.1 Å². The van der Waals surface area contributed by atoms with Crippen molar-refractivity contribution in [2.45, 2.75) is 26.3 Å². The number of nitrogens with one attached hydrogen (secondary N) is 1. The largest absolute Gasteiger partial charge is 0.337 e. The Balaban J connectivity index is 2.16. The van der Waals surface area contributed by atoms with E-state index < -0.39 is 10.8 Å². The smallest absolute Gasteiger partial charge is 0.322 e. The van der Waals surface area contributed by atoms with E-state index in [0.29, 0.717) is 11.4 Å². The second-order valence-corrected chi connectivity index (χ2v) is 5.84. The Morgan fingerprint density at radius 1 is 1.43 bits per heavy atom. The molecule has 1 N–H and O–H groups in total. The van der Waals surface area contributed by atoms with Gasteiger partial charge < -0.3 is 4.90 Å². The number of carbonyl (C=O) groups is 1. The number of hydrogen-bond donors (Lipinski definition) is 1. The molecule has 1 amide bonds. The van der Waals surface area contributed by atoms with Crippen molar-refractivity contribution in [2.75, 3.05) is 7.05 Å². The molecular weight excluding hydrogens is 320 g/mol. The van der Waals surface area contributed by atoms with Crippen molar-refractivity contribution >= 4 is 23.2 Å². The molecule has 1 unspecified atom stereocenters. The summed E-state index contributed by atoms with van der Waals surface area (Å²) in [6.07, 6.45) is 0.608. The summed E-state index contributed by atoms with van der Waals surface area (Å²) in [4.78, 5) is 24.4. The third-order valence-corrected chi connectivity index (χ3v) is 3.98. The number of rotatable bonds is 5. The summed E-state index contributed by atoms with van der Waals surface area (Å²) < 4.78 is 0. The van der Waals surface area contributed by atoms with Crippen LogP contribution in [0.4, 0.5) is 5.69 Å². The average molecular weight is 337 g/mol. The molecule has 7 nitrogen and oxygen atoms in total. The van der Waals surface area contributed by atoms with Gasteiger partial charge in [0, 0.05) is 18.1 Å². The minimum absolute atomic E-state index is 0.153. The zero-order chi connectivity index (χ0) is 17.1. The Kier molecular flexibility index (Phi) is 5.00. The fraction of sp³-hybridized carbons (Fsp3) is 0.333. The maximum atomic E-state index is 12.5. The van der Waals surface area contributed by atoms with Gasteiger partial charge in [-0.25, -0.2) is 0 Å². The number of H-pyrrole nitrogens is 1. The Morgan fingerprint density at radius 3 is 2.61 bits per heavy atom. The van der Waals surface area contributed by atoms with E-state index in [9.17, 15) is 14.9 Å². The summed E-state index contributed by atoms with van der Waals surface area (Å²) in [7, 11) is 1.61. The van der Waals surface area contributed by atoms with Gasteiger partial charge in [0.15, 0.2) is 0 Å². The van der Waals surface area contributed by atoms with Crippen LogP contribution in [-0.2, 0) is 6.42 Å². The number of nitro groups is 1. The maximum absolute atomic E-state index is 12.5. The number of amides is 1. The van der Waals surface area contributed by atoms with Crippen LogP contribution in [-0.4, -0.2) is 39.0 Å². The number of aryl methyl sites for hydroxylation is 1. The SMILES string of the molecule is Cc1[nH]nc(C(=O)N(C)C(C)Cc2ccc(Cl)cc2)c1[N+](=O)[O-]. The maximum Gasteiger partial charge on any atom is 0.322 e. The van der Waals surface area contributed by atoms with E-state index in [1.54, 1.807) is 19.2 Å². The Bertz CT molecular complexity index is 727. The molecule has 0 saturated carbocycles. The second-order valence-electron chi connectivity index (χ2n) is 5.40. The topological polar surface area (TPSA) is 92.1 Å². The number of aromatic amines is 1. The second kappa shape index (κ2) is 6.78. The summed E-state index contributed by atoms with van der Waals surface area (Å²) in [6.45, 7) is 3.39. The van der Waals surface area contributed by atoms with Gasteiger partial charge in [-0.05, 0) is 38.0 Å². The van der Waals surface area contributed by atoms with Crippen LogP contribution >= 0.6 is 11.6 Å². The molecule has 0 bridgehead atoms. The first-order valence-electron chi connectivity index (χ1n) is 7.02. The van der Waals surface area contributed by atoms with E-state index in [1.807, 2.05) is 19.1 Å². The summed E-state index contributed by atoms with van der Waals surface area (Å²) in [5, 5.41) is 18.0. The van der Waals surface area contributed by atoms with Crippen LogP contribution < -0.4 is 0 Å². The van der Waals surface area contributed by atoms with Gasteiger partial charge in [0.25, 0.3) is 5.91 Å². The Morgan fingerprint density at radius 2 is 2.04 bits per heavy atom. The highest BCUT2D eigenvalue weighted by atomic mass is 35.5. The van der Waals surface area contributed by atoms with E-state index in [0.717, 1.165) is 5.56 Å². The standard InChI is InChI=1S/C15H17ClN4O3/c1-9(8-11-4-6-12(16)7-5-11)19(3)15(21)13-14(20(22)23)10(2)17-18-13/h4-7,9H,8H2,1-3H3,(H,17,18). The Hall–Kier alpha value is -2.41. The number of halogens is 1. The first kappa shape index (κ1) is 17.0. The molecule has 23 heavy (non-hydrogen) atoms. The minimum atomic E-state index is -0.593. The van der Waals surface area contributed by atoms with Crippen molar-refractivity contribution in [1.29, 1.82) is 0 Å². The van der Waals surface area contributed by atoms with Crippen LogP contribution in [0.1, 0.15) is 28.7 Å². The van der Waals surface area contributed by atoms with Crippen LogP contribution in [0.15, 0.2) is 24.3 Å². The first-order valence-corrected chi connectivity index (χ1v) is 7.40.